The molecule has 1 N–H and O–H groups in total. The predicted molar refractivity (Wildman–Crippen MR) is 128 cm³/mol. The van der Waals surface area contributed by atoms with Crippen molar-refractivity contribution >= 4 is 22.8 Å². The first kappa shape index (κ1) is 22.3. The first-order valence-electron chi connectivity index (χ1n) is 11.8. The lowest BCUT2D eigenvalue weighted by molar-refractivity contribution is 0.0768. The van der Waals surface area contributed by atoms with Gasteiger partial charge in [0, 0.05) is 28.9 Å². The Morgan fingerprint density at radius 2 is 1.82 bits per heavy atom. The topological polar surface area (TPSA) is 80.9 Å². The maximum atomic E-state index is 13.7. The van der Waals surface area contributed by atoms with E-state index in [1.54, 1.807) is 19.1 Å². The van der Waals surface area contributed by atoms with Gasteiger partial charge in [0.15, 0.2) is 17.3 Å². The van der Waals surface area contributed by atoms with Gasteiger partial charge in [0.05, 0.1) is 31.9 Å². The Bertz CT molecular complexity index is 1180. The number of carbonyl (C=O) groups excluding carboxylic acids is 2. The molecule has 7 heteroatoms. The molecule has 1 aliphatic carbocycles. The van der Waals surface area contributed by atoms with Gasteiger partial charge in [0.1, 0.15) is 6.61 Å². The van der Waals surface area contributed by atoms with Crippen molar-refractivity contribution in [2.75, 3.05) is 20.8 Å². The molecule has 5 rings (SSSR count). The summed E-state index contributed by atoms with van der Waals surface area (Å²) in [7, 11) is 3.18. The number of ether oxygens (including phenoxy) is 3. The molecule has 0 bridgehead atoms. The number of methoxy groups -OCH3 is 2. The lowest BCUT2D eigenvalue weighted by Crippen LogP contribution is -2.40. The van der Waals surface area contributed by atoms with Gasteiger partial charge in [-0.15, -0.1) is 0 Å². The minimum Gasteiger partial charge on any atom is -0.493 e. The zero-order valence-corrected chi connectivity index (χ0v) is 19.8. The van der Waals surface area contributed by atoms with Crippen molar-refractivity contribution in [3.8, 4) is 11.5 Å². The highest BCUT2D eigenvalue weighted by atomic mass is 16.6. The first-order valence-corrected chi connectivity index (χ1v) is 11.8. The van der Waals surface area contributed by atoms with Crippen molar-refractivity contribution in [3.63, 3.8) is 0 Å². The molecule has 1 saturated heterocycles. The highest BCUT2D eigenvalue weighted by Gasteiger charge is 2.71. The fraction of sp³-hybridized carbons (Fsp3) is 0.407. The van der Waals surface area contributed by atoms with Crippen LogP contribution in [0.15, 0.2) is 48.5 Å². The molecular weight excluding hydrogens is 432 g/mol. The van der Waals surface area contributed by atoms with Crippen LogP contribution >= 0.6 is 0 Å². The number of nitrogens with zero attached hydrogens (tertiary/aromatic N) is 1. The molecule has 3 atom stereocenters. The second-order valence-corrected chi connectivity index (χ2v) is 9.19. The number of Topliss-reactive ketones (excluding diaryl/α,β-unsaturated/α-hetero) is 1. The summed E-state index contributed by atoms with van der Waals surface area (Å²) in [6.45, 7) is 2.96. The summed E-state index contributed by atoms with van der Waals surface area (Å²) in [5.41, 5.74) is 2.12. The highest BCUT2D eigenvalue weighted by molar-refractivity contribution is 6.04. The smallest absolute Gasteiger partial charge is 0.410 e. The van der Waals surface area contributed by atoms with Crippen LogP contribution in [0.2, 0.25) is 0 Å². The summed E-state index contributed by atoms with van der Waals surface area (Å²) in [5, 5.41) is 0.884. The molecule has 2 aliphatic rings. The number of piperidine rings is 1. The van der Waals surface area contributed by atoms with E-state index >= 15 is 0 Å². The van der Waals surface area contributed by atoms with E-state index in [0.717, 1.165) is 35.7 Å². The predicted octanol–water partition coefficient (Wildman–Crippen LogP) is 5.20. The third kappa shape index (κ3) is 3.59. The Morgan fingerprint density at radius 1 is 1.09 bits per heavy atom. The third-order valence-corrected chi connectivity index (χ3v) is 7.56. The summed E-state index contributed by atoms with van der Waals surface area (Å²) in [6.07, 6.45) is 2.32. The molecule has 178 valence electrons. The van der Waals surface area contributed by atoms with Gasteiger partial charge in [-0.25, -0.2) is 4.79 Å². The maximum absolute atomic E-state index is 13.7. The van der Waals surface area contributed by atoms with Gasteiger partial charge in [0.25, 0.3) is 0 Å². The summed E-state index contributed by atoms with van der Waals surface area (Å²) in [5.74, 6) is 1.03. The van der Waals surface area contributed by atoms with Gasteiger partial charge < -0.3 is 24.1 Å². The van der Waals surface area contributed by atoms with Crippen molar-refractivity contribution in [3.05, 3.63) is 59.8 Å². The average molecular weight is 463 g/mol. The molecule has 1 aliphatic heterocycles. The fourth-order valence-corrected chi connectivity index (χ4v) is 5.76. The Labute approximate surface area is 199 Å². The van der Waals surface area contributed by atoms with Crippen LogP contribution in [0.4, 0.5) is 4.79 Å². The number of rotatable bonds is 7. The number of aromatic amines is 1. The number of benzene rings is 2. The first-order chi connectivity index (χ1) is 16.5. The van der Waals surface area contributed by atoms with E-state index in [4.69, 9.17) is 14.2 Å². The SMILES string of the molecule is CC[C@@]12CCCN(C(=O)OCc3ccccc3)[C@@H]1[C@H]2C(=O)c1cc2cc(OC)c(OC)cc2[nH]1. The Balaban J connectivity index is 1.37. The van der Waals surface area contributed by atoms with Gasteiger partial charge in [0.2, 0.25) is 0 Å². The van der Waals surface area contributed by atoms with Crippen molar-refractivity contribution in [1.29, 1.82) is 0 Å². The Morgan fingerprint density at radius 3 is 2.53 bits per heavy atom. The van der Waals surface area contributed by atoms with Crippen LogP contribution < -0.4 is 9.47 Å². The van der Waals surface area contributed by atoms with Crippen LogP contribution in [-0.2, 0) is 11.3 Å². The quantitative estimate of drug-likeness (QED) is 0.489. The number of fused-ring (bicyclic) bond motifs is 2. The van der Waals surface area contributed by atoms with Crippen LogP contribution in [0.25, 0.3) is 10.9 Å². The number of H-pyrrole nitrogens is 1. The highest BCUT2D eigenvalue weighted by Crippen LogP contribution is 2.64. The van der Waals surface area contributed by atoms with Crippen molar-refractivity contribution in [1.82, 2.24) is 9.88 Å². The zero-order chi connectivity index (χ0) is 23.9. The van der Waals surface area contributed by atoms with E-state index in [0.29, 0.717) is 23.7 Å². The minimum atomic E-state index is -0.340. The van der Waals surface area contributed by atoms with Crippen LogP contribution in [-0.4, -0.2) is 48.6 Å². The number of aromatic nitrogens is 1. The molecule has 2 fully saturated rings. The molecule has 0 spiro atoms. The lowest BCUT2D eigenvalue weighted by atomic mass is 9.90. The monoisotopic (exact) mass is 462 g/mol. The Hall–Kier alpha value is -3.48. The van der Waals surface area contributed by atoms with Crippen molar-refractivity contribution < 1.29 is 23.8 Å². The summed E-state index contributed by atoms with van der Waals surface area (Å²) < 4.78 is 16.4. The van der Waals surface area contributed by atoms with Crippen LogP contribution in [0.1, 0.15) is 42.2 Å². The maximum Gasteiger partial charge on any atom is 0.410 e. The van der Waals surface area contributed by atoms with Crippen molar-refractivity contribution in [2.45, 2.75) is 38.8 Å². The Kier molecular flexibility index (Phi) is 5.71. The molecule has 7 nitrogen and oxygen atoms in total. The number of ketones is 1. The van der Waals surface area contributed by atoms with E-state index in [2.05, 4.69) is 11.9 Å². The normalized spacial score (nSPS) is 23.3. The second kappa shape index (κ2) is 8.70. The molecular formula is C27H30N2O5. The fourth-order valence-electron chi connectivity index (χ4n) is 5.76. The largest absolute Gasteiger partial charge is 0.493 e. The summed E-state index contributed by atoms with van der Waals surface area (Å²) in [4.78, 5) is 31.8. The molecule has 2 aromatic carbocycles. The van der Waals surface area contributed by atoms with Crippen molar-refractivity contribution in [2.24, 2.45) is 11.3 Å². The van der Waals surface area contributed by atoms with Gasteiger partial charge in [-0.3, -0.25) is 4.79 Å². The van der Waals surface area contributed by atoms with Gasteiger partial charge in [-0.05, 0) is 37.0 Å². The van der Waals surface area contributed by atoms with Crippen LogP contribution in [0.3, 0.4) is 0 Å². The van der Waals surface area contributed by atoms with E-state index in [9.17, 15) is 9.59 Å². The second-order valence-electron chi connectivity index (χ2n) is 9.19. The summed E-state index contributed by atoms with van der Waals surface area (Å²) >= 11 is 0. The molecule has 3 aromatic rings. The molecule has 2 heterocycles. The molecule has 1 amide bonds. The third-order valence-electron chi connectivity index (χ3n) is 7.56. The van der Waals surface area contributed by atoms with E-state index in [1.165, 1.54) is 0 Å². The molecule has 0 radical (unpaired) electrons. The standard InChI is InChI=1S/C27H30N2O5/c1-4-27-11-8-12-29(26(31)34-16-17-9-6-5-7-10-17)25(27)23(27)24(30)20-13-18-14-21(32-2)22(33-3)15-19(18)28-20/h5-7,9-10,13-15,23,25,28H,4,8,11-12,16H2,1-3H3/t23-,25-,27+/m1/s1. The number of hydrogen-bond donors (Lipinski definition) is 1. The van der Waals surface area contributed by atoms with Gasteiger partial charge in [-0.1, -0.05) is 37.3 Å². The number of carbonyl (C=O) groups is 2. The minimum absolute atomic E-state index is 0.0451. The van der Waals surface area contributed by atoms with Gasteiger partial charge in [-0.2, -0.15) is 0 Å². The number of amides is 1. The van der Waals surface area contributed by atoms with E-state index < -0.39 is 0 Å². The average Bonchev–Trinajstić information content (AvgIpc) is 3.39. The van der Waals surface area contributed by atoms with E-state index in [1.807, 2.05) is 48.5 Å². The molecule has 0 unspecified atom stereocenters. The lowest BCUT2D eigenvalue weighted by Gasteiger charge is -2.30. The molecule has 34 heavy (non-hydrogen) atoms. The molecule has 1 saturated carbocycles. The van der Waals surface area contributed by atoms with Crippen LogP contribution in [0, 0.1) is 11.3 Å². The molecule has 1 aromatic heterocycles. The van der Waals surface area contributed by atoms with Gasteiger partial charge >= 0.3 is 6.09 Å². The number of likely N-dealkylation sites (tertiary alicyclic amines) is 1. The number of nitrogens with one attached hydrogen (secondary N) is 1. The zero-order valence-electron chi connectivity index (χ0n) is 19.8. The number of hydrogen-bond acceptors (Lipinski definition) is 5. The van der Waals surface area contributed by atoms with E-state index in [-0.39, 0.29) is 35.9 Å². The summed E-state index contributed by atoms with van der Waals surface area (Å²) in [6, 6.07) is 15.1. The van der Waals surface area contributed by atoms with Crippen LogP contribution in [0.5, 0.6) is 11.5 Å².